The first-order valence-corrected chi connectivity index (χ1v) is 5.00. The number of ketones is 1. The van der Waals surface area contributed by atoms with Crippen molar-refractivity contribution < 1.29 is 19.1 Å². The molecule has 5 nitrogen and oxygen atoms in total. The fourth-order valence-electron chi connectivity index (χ4n) is 1.04. The summed E-state index contributed by atoms with van der Waals surface area (Å²) in [5.74, 6) is -1.68. The summed E-state index contributed by atoms with van der Waals surface area (Å²) in [6, 6.07) is 6.37. The van der Waals surface area contributed by atoms with Gasteiger partial charge < -0.3 is 10.3 Å². The largest absolute Gasteiger partial charge is 0.460 e. The molecule has 0 aliphatic rings. The third-order valence-corrected chi connectivity index (χ3v) is 2.27. The fraction of sp³-hybridized carbons (Fsp3) is 0.100. The summed E-state index contributed by atoms with van der Waals surface area (Å²) in [5, 5.41) is 0. The van der Waals surface area contributed by atoms with Crippen LogP contribution >= 0.6 is 15.9 Å². The minimum Gasteiger partial charge on any atom is -0.460 e. The average molecular weight is 283 g/mol. The summed E-state index contributed by atoms with van der Waals surface area (Å²) >= 11 is 3.18. The van der Waals surface area contributed by atoms with Crippen molar-refractivity contribution in [2.45, 2.75) is 0 Å². The zero-order chi connectivity index (χ0) is 12.1. The van der Waals surface area contributed by atoms with Crippen LogP contribution < -0.4 is 0 Å². The molecule has 0 saturated heterocycles. The molecule has 0 aromatic heterocycles. The number of hydrogen-bond acceptors (Lipinski definition) is 3. The lowest BCUT2D eigenvalue weighted by molar-refractivity contribution is -0.137. The van der Waals surface area contributed by atoms with Gasteiger partial charge in [0.1, 0.15) is 0 Å². The Bertz CT molecular complexity index is 493. The molecule has 0 amide bonds. The SMILES string of the molecule is COC(=O)C(=[N+]=[N-])C(=O)c1cccc(Br)c1. The first-order valence-electron chi connectivity index (χ1n) is 4.20. The second-order valence-electron chi connectivity index (χ2n) is 2.78. The number of nitrogens with zero attached hydrogens (tertiary/aromatic N) is 2. The lowest BCUT2D eigenvalue weighted by Gasteiger charge is -1.96. The van der Waals surface area contributed by atoms with Gasteiger partial charge >= 0.3 is 11.7 Å². The molecule has 16 heavy (non-hydrogen) atoms. The number of rotatable bonds is 3. The van der Waals surface area contributed by atoms with E-state index < -0.39 is 17.5 Å². The minimum atomic E-state index is -0.979. The van der Waals surface area contributed by atoms with Crippen LogP contribution in [-0.2, 0) is 9.53 Å². The molecule has 1 aromatic carbocycles. The van der Waals surface area contributed by atoms with E-state index in [1.54, 1.807) is 12.1 Å². The van der Waals surface area contributed by atoms with Gasteiger partial charge in [-0.15, -0.1) is 0 Å². The number of esters is 1. The Morgan fingerprint density at radius 1 is 1.44 bits per heavy atom. The molecule has 0 bridgehead atoms. The van der Waals surface area contributed by atoms with Crippen molar-refractivity contribution in [1.82, 2.24) is 0 Å². The van der Waals surface area contributed by atoms with Crippen LogP contribution in [0.5, 0.6) is 0 Å². The molecule has 0 heterocycles. The summed E-state index contributed by atoms with van der Waals surface area (Å²) in [7, 11) is 1.10. The maximum absolute atomic E-state index is 11.7. The molecule has 0 spiro atoms. The summed E-state index contributed by atoms with van der Waals surface area (Å²) in [6.07, 6.45) is 0. The molecule has 0 radical (unpaired) electrons. The maximum atomic E-state index is 11.7. The molecular weight excluding hydrogens is 276 g/mol. The molecule has 1 aromatic rings. The van der Waals surface area contributed by atoms with Gasteiger partial charge in [-0.1, -0.05) is 28.1 Å². The number of methoxy groups -OCH3 is 1. The first-order chi connectivity index (χ1) is 7.60. The van der Waals surface area contributed by atoms with E-state index in [1.165, 1.54) is 12.1 Å². The topological polar surface area (TPSA) is 79.8 Å². The number of Topliss-reactive ketones (excluding diaryl/α,β-unsaturated/α-hetero) is 1. The monoisotopic (exact) mass is 282 g/mol. The van der Waals surface area contributed by atoms with Crippen LogP contribution in [0.25, 0.3) is 5.53 Å². The predicted octanol–water partition coefficient (Wildman–Crippen LogP) is 1.48. The van der Waals surface area contributed by atoms with E-state index >= 15 is 0 Å². The highest BCUT2D eigenvalue weighted by molar-refractivity contribution is 9.10. The molecule has 0 saturated carbocycles. The number of carbonyl (C=O) groups excluding carboxylic acids is 2. The van der Waals surface area contributed by atoms with Crippen molar-refractivity contribution in [1.29, 1.82) is 0 Å². The second kappa shape index (κ2) is 5.34. The number of benzene rings is 1. The summed E-state index contributed by atoms with van der Waals surface area (Å²) < 4.78 is 4.99. The van der Waals surface area contributed by atoms with E-state index in [2.05, 4.69) is 25.5 Å². The van der Waals surface area contributed by atoms with Crippen molar-refractivity contribution in [2.75, 3.05) is 7.11 Å². The van der Waals surface area contributed by atoms with Crippen LogP contribution in [0.15, 0.2) is 28.7 Å². The lowest BCUT2D eigenvalue weighted by atomic mass is 10.1. The Morgan fingerprint density at radius 2 is 2.12 bits per heavy atom. The Labute approximate surface area is 99.8 Å². The van der Waals surface area contributed by atoms with Gasteiger partial charge in [-0.3, -0.25) is 4.79 Å². The first kappa shape index (κ1) is 12.3. The van der Waals surface area contributed by atoms with Crippen LogP contribution in [0.3, 0.4) is 0 Å². The van der Waals surface area contributed by atoms with E-state index in [4.69, 9.17) is 5.53 Å². The highest BCUT2D eigenvalue weighted by Gasteiger charge is 2.31. The molecule has 0 fully saturated rings. The molecule has 0 aliphatic carbocycles. The Hall–Kier alpha value is -1.78. The third-order valence-electron chi connectivity index (χ3n) is 1.78. The summed E-state index contributed by atoms with van der Waals surface area (Å²) in [6.45, 7) is 0. The molecule has 0 aliphatic heterocycles. The third kappa shape index (κ3) is 2.62. The standard InChI is InChI=1S/C10H7BrN2O3/c1-16-10(15)8(13-12)9(14)6-3-2-4-7(11)5-6/h2-5H,1H3. The quantitative estimate of drug-likeness (QED) is 0.210. The fourth-order valence-corrected chi connectivity index (χ4v) is 1.44. The van der Waals surface area contributed by atoms with Crippen molar-refractivity contribution in [3.05, 3.63) is 39.8 Å². The average Bonchev–Trinajstić information content (AvgIpc) is 2.29. The Morgan fingerprint density at radius 3 is 2.62 bits per heavy atom. The van der Waals surface area contributed by atoms with Crippen LogP contribution in [0.2, 0.25) is 0 Å². The van der Waals surface area contributed by atoms with Crippen LogP contribution in [0.1, 0.15) is 10.4 Å². The zero-order valence-corrected chi connectivity index (χ0v) is 9.89. The summed E-state index contributed by atoms with van der Waals surface area (Å²) in [5.41, 5.74) is 8.16. The van der Waals surface area contributed by atoms with Crippen LogP contribution in [0.4, 0.5) is 0 Å². The molecule has 6 heteroatoms. The smallest absolute Gasteiger partial charge is 0.446 e. The van der Waals surface area contributed by atoms with Crippen molar-refractivity contribution in [3.8, 4) is 0 Å². The van der Waals surface area contributed by atoms with Gasteiger partial charge in [0.05, 0.1) is 7.11 Å². The molecule has 0 atom stereocenters. The van der Waals surface area contributed by atoms with E-state index in [0.717, 1.165) is 7.11 Å². The summed E-state index contributed by atoms with van der Waals surface area (Å²) in [4.78, 5) is 25.5. The molecular formula is C10H7BrN2O3. The number of ether oxygens (including phenoxy) is 1. The number of carbonyl (C=O) groups is 2. The highest BCUT2D eigenvalue weighted by atomic mass is 79.9. The van der Waals surface area contributed by atoms with Crippen LogP contribution in [-0.4, -0.2) is 29.4 Å². The highest BCUT2D eigenvalue weighted by Crippen LogP contribution is 2.12. The van der Waals surface area contributed by atoms with Crippen LogP contribution in [0, 0.1) is 0 Å². The second-order valence-corrected chi connectivity index (χ2v) is 3.70. The normalized spacial score (nSPS) is 9.12. The van der Waals surface area contributed by atoms with Gasteiger partial charge in [-0.2, -0.15) is 4.79 Å². The molecule has 1 rings (SSSR count). The minimum absolute atomic E-state index is 0.229. The van der Waals surface area contributed by atoms with Crippen molar-refractivity contribution in [2.24, 2.45) is 0 Å². The maximum Gasteiger partial charge on any atom is 0.446 e. The number of halogens is 1. The van der Waals surface area contributed by atoms with Gasteiger partial charge in [0.25, 0.3) is 5.78 Å². The Kier molecular flexibility index (Phi) is 4.10. The van der Waals surface area contributed by atoms with Gasteiger partial charge in [0.2, 0.25) is 0 Å². The van der Waals surface area contributed by atoms with Crippen molar-refractivity contribution in [3.63, 3.8) is 0 Å². The molecule has 0 N–H and O–H groups in total. The Balaban J connectivity index is 3.11. The van der Waals surface area contributed by atoms with Gasteiger partial charge in [0, 0.05) is 10.0 Å². The van der Waals surface area contributed by atoms with E-state index in [1.807, 2.05) is 0 Å². The van der Waals surface area contributed by atoms with E-state index in [-0.39, 0.29) is 5.56 Å². The number of hydrogen-bond donors (Lipinski definition) is 0. The zero-order valence-electron chi connectivity index (χ0n) is 8.31. The van der Waals surface area contributed by atoms with Gasteiger partial charge in [0.15, 0.2) is 0 Å². The predicted molar refractivity (Wildman–Crippen MR) is 59.1 cm³/mol. The van der Waals surface area contributed by atoms with E-state index in [0.29, 0.717) is 4.47 Å². The lowest BCUT2D eigenvalue weighted by Crippen LogP contribution is -2.26. The van der Waals surface area contributed by atoms with Crippen molar-refractivity contribution >= 4 is 33.4 Å². The van der Waals surface area contributed by atoms with Gasteiger partial charge in [-0.05, 0) is 12.1 Å². The molecule has 82 valence electrons. The van der Waals surface area contributed by atoms with E-state index in [9.17, 15) is 9.59 Å². The van der Waals surface area contributed by atoms with Gasteiger partial charge in [-0.25, -0.2) is 4.79 Å². The molecule has 0 unspecified atom stereocenters.